The molecule has 1 unspecified atom stereocenters. The van der Waals surface area contributed by atoms with E-state index in [4.69, 9.17) is 4.74 Å². The third-order valence-corrected chi connectivity index (χ3v) is 3.28. The Balaban J connectivity index is 1.84. The van der Waals surface area contributed by atoms with E-state index in [0.29, 0.717) is 18.0 Å². The van der Waals surface area contributed by atoms with Gasteiger partial charge in [0, 0.05) is 38.0 Å². The number of aliphatic hydroxyl groups excluding tert-OH is 1. The summed E-state index contributed by atoms with van der Waals surface area (Å²) in [6.45, 7) is 2.10. The molecule has 2 aromatic rings. The molecule has 2 N–H and O–H groups in total. The van der Waals surface area contributed by atoms with Gasteiger partial charge in [-0.15, -0.1) is 0 Å². The summed E-state index contributed by atoms with van der Waals surface area (Å²) < 4.78 is 5.60. The Morgan fingerprint density at radius 2 is 1.96 bits per heavy atom. The molecule has 0 saturated carbocycles. The van der Waals surface area contributed by atoms with Crippen molar-refractivity contribution in [2.75, 3.05) is 30.4 Å². The van der Waals surface area contributed by atoms with Crippen molar-refractivity contribution in [1.82, 2.24) is 0 Å². The number of likely N-dealkylation sites (N-methyl/N-ethyl adjacent to an activating group) is 1. The van der Waals surface area contributed by atoms with E-state index in [9.17, 15) is 9.90 Å². The summed E-state index contributed by atoms with van der Waals surface area (Å²) >= 11 is 0. The highest BCUT2D eigenvalue weighted by Gasteiger charge is 2.10. The molecule has 0 aliphatic rings. The highest BCUT2D eigenvalue weighted by Crippen LogP contribution is 2.18. The van der Waals surface area contributed by atoms with Gasteiger partial charge in [0.25, 0.3) is 0 Å². The molecule has 1 atom stereocenters. The third kappa shape index (κ3) is 5.64. The molecule has 5 nitrogen and oxygen atoms in total. The Morgan fingerprint density at radius 3 is 2.65 bits per heavy atom. The number of hydrogen-bond donors (Lipinski definition) is 2. The minimum atomic E-state index is -0.621. The molecule has 23 heavy (non-hydrogen) atoms. The van der Waals surface area contributed by atoms with E-state index < -0.39 is 6.10 Å². The fourth-order valence-corrected chi connectivity index (χ4v) is 2.22. The zero-order valence-corrected chi connectivity index (χ0v) is 13.4. The van der Waals surface area contributed by atoms with Gasteiger partial charge in [-0.3, -0.25) is 4.79 Å². The maximum atomic E-state index is 11.0. The van der Waals surface area contributed by atoms with Gasteiger partial charge in [-0.05, 0) is 24.3 Å². The van der Waals surface area contributed by atoms with Gasteiger partial charge < -0.3 is 20.1 Å². The Kier molecular flexibility index (Phi) is 6.00. The highest BCUT2D eigenvalue weighted by atomic mass is 16.5. The molecule has 0 saturated heterocycles. The van der Waals surface area contributed by atoms with Crippen molar-refractivity contribution in [1.29, 1.82) is 0 Å². The first-order valence-corrected chi connectivity index (χ1v) is 7.49. The fourth-order valence-electron chi connectivity index (χ4n) is 2.22. The Morgan fingerprint density at radius 1 is 1.22 bits per heavy atom. The van der Waals surface area contributed by atoms with Gasteiger partial charge in [0.15, 0.2) is 0 Å². The number of carbonyl (C=O) groups is 1. The predicted octanol–water partition coefficient (Wildman–Crippen LogP) is 2.52. The summed E-state index contributed by atoms with van der Waals surface area (Å²) in [5, 5.41) is 12.8. The minimum absolute atomic E-state index is 0.133. The highest BCUT2D eigenvalue weighted by molar-refractivity contribution is 5.88. The van der Waals surface area contributed by atoms with Crippen LogP contribution in [0.3, 0.4) is 0 Å². The summed E-state index contributed by atoms with van der Waals surface area (Å²) in [7, 11) is 1.93. The smallest absolute Gasteiger partial charge is 0.221 e. The van der Waals surface area contributed by atoms with E-state index >= 15 is 0 Å². The van der Waals surface area contributed by atoms with Crippen LogP contribution in [0.5, 0.6) is 5.75 Å². The number of rotatable bonds is 7. The number of benzene rings is 2. The van der Waals surface area contributed by atoms with E-state index in [1.54, 1.807) is 24.3 Å². The van der Waals surface area contributed by atoms with Crippen molar-refractivity contribution >= 4 is 17.3 Å². The molecule has 0 spiro atoms. The van der Waals surface area contributed by atoms with Gasteiger partial charge in [-0.25, -0.2) is 0 Å². The lowest BCUT2D eigenvalue weighted by molar-refractivity contribution is -0.114. The molecule has 1 amide bonds. The van der Waals surface area contributed by atoms with Crippen molar-refractivity contribution in [3.05, 3.63) is 54.6 Å². The maximum Gasteiger partial charge on any atom is 0.221 e. The van der Waals surface area contributed by atoms with Crippen LogP contribution in [0.4, 0.5) is 11.4 Å². The molecule has 0 bridgehead atoms. The summed E-state index contributed by atoms with van der Waals surface area (Å²) in [5.41, 5.74) is 1.71. The van der Waals surface area contributed by atoms with E-state index in [0.717, 1.165) is 5.69 Å². The van der Waals surface area contributed by atoms with Crippen LogP contribution in [0.25, 0.3) is 0 Å². The average Bonchev–Trinajstić information content (AvgIpc) is 2.53. The van der Waals surface area contributed by atoms with E-state index in [2.05, 4.69) is 5.32 Å². The van der Waals surface area contributed by atoms with Crippen LogP contribution in [-0.4, -0.2) is 37.3 Å². The number of carbonyl (C=O) groups excluding carboxylic acids is 1. The lowest BCUT2D eigenvalue weighted by Gasteiger charge is -2.22. The van der Waals surface area contributed by atoms with Gasteiger partial charge >= 0.3 is 0 Å². The first kappa shape index (κ1) is 16.8. The van der Waals surface area contributed by atoms with Crippen molar-refractivity contribution < 1.29 is 14.6 Å². The van der Waals surface area contributed by atoms with Crippen LogP contribution >= 0.6 is 0 Å². The molecule has 2 rings (SSSR count). The molecule has 0 heterocycles. The second kappa shape index (κ2) is 8.19. The van der Waals surface area contributed by atoms with Crippen molar-refractivity contribution in [2.24, 2.45) is 0 Å². The lowest BCUT2D eigenvalue weighted by Crippen LogP contribution is -2.33. The molecule has 0 radical (unpaired) electrons. The maximum absolute atomic E-state index is 11.0. The van der Waals surface area contributed by atoms with E-state index in [1.165, 1.54) is 6.92 Å². The molecule has 0 aliphatic carbocycles. The zero-order valence-electron chi connectivity index (χ0n) is 13.4. The molecule has 0 aromatic heterocycles. The van der Waals surface area contributed by atoms with Gasteiger partial charge in [-0.2, -0.15) is 0 Å². The van der Waals surface area contributed by atoms with Gasteiger partial charge in [0.05, 0.1) is 0 Å². The largest absolute Gasteiger partial charge is 0.491 e. The number of nitrogens with zero attached hydrogens (tertiary/aromatic N) is 1. The molecule has 122 valence electrons. The Hall–Kier alpha value is -2.53. The van der Waals surface area contributed by atoms with Crippen molar-refractivity contribution in [2.45, 2.75) is 13.0 Å². The standard InChI is InChI=1S/C18H22N2O3/c1-14(21)19-15-7-6-10-18(11-15)23-13-17(22)12-20(2)16-8-4-3-5-9-16/h3-11,17,22H,12-13H2,1-2H3,(H,19,21). The number of nitrogens with one attached hydrogen (secondary N) is 1. The molecule has 0 fully saturated rings. The van der Waals surface area contributed by atoms with Crippen LogP contribution in [0.2, 0.25) is 0 Å². The predicted molar refractivity (Wildman–Crippen MR) is 92.0 cm³/mol. The van der Waals surface area contributed by atoms with Gasteiger partial charge in [0.2, 0.25) is 5.91 Å². The molecule has 2 aromatic carbocycles. The Labute approximate surface area is 136 Å². The number of hydrogen-bond acceptors (Lipinski definition) is 4. The summed E-state index contributed by atoms with van der Waals surface area (Å²) in [5.74, 6) is 0.476. The minimum Gasteiger partial charge on any atom is -0.491 e. The van der Waals surface area contributed by atoms with Crippen molar-refractivity contribution in [3.63, 3.8) is 0 Å². The zero-order chi connectivity index (χ0) is 16.7. The first-order chi connectivity index (χ1) is 11.0. The fraction of sp³-hybridized carbons (Fsp3) is 0.278. The second-order valence-corrected chi connectivity index (χ2v) is 5.39. The monoisotopic (exact) mass is 314 g/mol. The van der Waals surface area contributed by atoms with Crippen LogP contribution in [0.1, 0.15) is 6.92 Å². The summed E-state index contributed by atoms with van der Waals surface area (Å²) in [6, 6.07) is 17.0. The SMILES string of the molecule is CC(=O)Nc1cccc(OCC(O)CN(C)c2ccccc2)c1. The normalized spacial score (nSPS) is 11.6. The van der Waals surface area contributed by atoms with Gasteiger partial charge in [0.1, 0.15) is 18.5 Å². The lowest BCUT2D eigenvalue weighted by atomic mass is 10.2. The van der Waals surface area contributed by atoms with Crippen LogP contribution in [0.15, 0.2) is 54.6 Å². The Bertz CT molecular complexity index is 631. The number of aliphatic hydroxyl groups is 1. The first-order valence-electron chi connectivity index (χ1n) is 7.49. The van der Waals surface area contributed by atoms with Crippen molar-refractivity contribution in [3.8, 4) is 5.75 Å². The van der Waals surface area contributed by atoms with E-state index in [1.807, 2.05) is 42.3 Å². The number of para-hydroxylation sites is 1. The summed E-state index contributed by atoms with van der Waals surface area (Å²) in [6.07, 6.45) is -0.621. The molecule has 0 aliphatic heterocycles. The van der Waals surface area contributed by atoms with Crippen LogP contribution < -0.4 is 15.0 Å². The number of ether oxygens (including phenoxy) is 1. The number of amides is 1. The molecule has 5 heteroatoms. The van der Waals surface area contributed by atoms with Gasteiger partial charge in [-0.1, -0.05) is 24.3 Å². The summed E-state index contributed by atoms with van der Waals surface area (Å²) in [4.78, 5) is 13.0. The van der Waals surface area contributed by atoms with E-state index in [-0.39, 0.29) is 12.5 Å². The molecular formula is C18H22N2O3. The number of anilines is 2. The topological polar surface area (TPSA) is 61.8 Å². The van der Waals surface area contributed by atoms with Crippen LogP contribution in [0, 0.1) is 0 Å². The second-order valence-electron chi connectivity index (χ2n) is 5.39. The average molecular weight is 314 g/mol. The molecular weight excluding hydrogens is 292 g/mol. The third-order valence-electron chi connectivity index (χ3n) is 3.28. The van der Waals surface area contributed by atoms with Crippen LogP contribution in [-0.2, 0) is 4.79 Å². The quantitative estimate of drug-likeness (QED) is 0.824.